The summed E-state index contributed by atoms with van der Waals surface area (Å²) in [6.07, 6.45) is 2.77. The predicted octanol–water partition coefficient (Wildman–Crippen LogP) is 2.07. The van der Waals surface area contributed by atoms with Gasteiger partial charge in [0.1, 0.15) is 0 Å². The van der Waals surface area contributed by atoms with Crippen LogP contribution in [0.25, 0.3) is 0 Å². The number of rotatable bonds is 7. The molecule has 0 unspecified atom stereocenters. The summed E-state index contributed by atoms with van der Waals surface area (Å²) in [5.74, 6) is -0.553. The van der Waals surface area contributed by atoms with Crippen LogP contribution in [0.2, 0.25) is 0 Å². The Labute approximate surface area is 118 Å². The first-order chi connectivity index (χ1) is 9.66. The molecule has 0 bridgehead atoms. The number of hydrogen-bond acceptors (Lipinski definition) is 4. The third-order valence-electron chi connectivity index (χ3n) is 3.34. The van der Waals surface area contributed by atoms with Gasteiger partial charge >= 0.3 is 0 Å². The van der Waals surface area contributed by atoms with Gasteiger partial charge in [0.05, 0.1) is 11.1 Å². The summed E-state index contributed by atoms with van der Waals surface area (Å²) in [7, 11) is 0. The molecule has 1 aromatic carbocycles. The van der Waals surface area contributed by atoms with Gasteiger partial charge in [-0.25, -0.2) is 0 Å². The number of nitrogens with zero attached hydrogens (tertiary/aromatic N) is 1. The Bertz CT molecular complexity index is 514. The lowest BCUT2D eigenvalue weighted by Gasteiger charge is -2.13. The van der Waals surface area contributed by atoms with Crippen LogP contribution in [0.3, 0.4) is 0 Å². The SMILES string of the molecule is CCCCOCCCN1C(=O)c2cccc(N)c2C1=O. The lowest BCUT2D eigenvalue weighted by molar-refractivity contribution is 0.0626. The largest absolute Gasteiger partial charge is 0.398 e. The van der Waals surface area contributed by atoms with E-state index >= 15 is 0 Å². The zero-order valence-corrected chi connectivity index (χ0v) is 11.7. The molecule has 0 saturated heterocycles. The van der Waals surface area contributed by atoms with Crippen molar-refractivity contribution in [2.75, 3.05) is 25.5 Å². The minimum absolute atomic E-state index is 0.258. The average molecular weight is 276 g/mol. The third kappa shape index (κ3) is 2.82. The van der Waals surface area contributed by atoms with E-state index in [-0.39, 0.29) is 11.8 Å². The van der Waals surface area contributed by atoms with Crippen LogP contribution in [0.1, 0.15) is 46.9 Å². The first-order valence-corrected chi connectivity index (χ1v) is 6.99. The number of unbranched alkanes of at least 4 members (excludes halogenated alkanes) is 1. The predicted molar refractivity (Wildman–Crippen MR) is 76.6 cm³/mol. The Morgan fingerprint density at radius 1 is 1.15 bits per heavy atom. The van der Waals surface area contributed by atoms with E-state index in [0.717, 1.165) is 19.4 Å². The highest BCUT2D eigenvalue weighted by atomic mass is 16.5. The van der Waals surface area contributed by atoms with Crippen LogP contribution in [0.15, 0.2) is 18.2 Å². The Morgan fingerprint density at radius 2 is 1.90 bits per heavy atom. The summed E-state index contributed by atoms with van der Waals surface area (Å²) in [5.41, 5.74) is 6.88. The maximum Gasteiger partial charge on any atom is 0.263 e. The van der Waals surface area contributed by atoms with Crippen molar-refractivity contribution in [1.82, 2.24) is 4.90 Å². The summed E-state index contributed by atoms with van der Waals surface area (Å²) in [6.45, 7) is 3.76. The van der Waals surface area contributed by atoms with Crippen LogP contribution in [0.5, 0.6) is 0 Å². The molecule has 1 heterocycles. The van der Waals surface area contributed by atoms with Crippen LogP contribution < -0.4 is 5.73 Å². The zero-order valence-electron chi connectivity index (χ0n) is 11.7. The van der Waals surface area contributed by atoms with Crippen LogP contribution in [0.4, 0.5) is 5.69 Å². The van der Waals surface area contributed by atoms with Gasteiger partial charge in [0.2, 0.25) is 0 Å². The van der Waals surface area contributed by atoms with Crippen molar-refractivity contribution < 1.29 is 14.3 Å². The summed E-state index contributed by atoms with van der Waals surface area (Å²) in [5, 5.41) is 0. The van der Waals surface area contributed by atoms with E-state index in [1.807, 2.05) is 0 Å². The van der Waals surface area contributed by atoms with E-state index in [4.69, 9.17) is 10.5 Å². The Balaban J connectivity index is 1.91. The fourth-order valence-electron chi connectivity index (χ4n) is 2.24. The molecule has 2 amide bonds. The molecule has 0 fully saturated rings. The summed E-state index contributed by atoms with van der Waals surface area (Å²) in [4.78, 5) is 25.6. The van der Waals surface area contributed by atoms with Gasteiger partial charge in [-0.15, -0.1) is 0 Å². The second-order valence-corrected chi connectivity index (χ2v) is 4.85. The standard InChI is InChI=1S/C15H20N2O3/c1-2-3-9-20-10-5-8-17-14(18)11-6-4-7-12(16)13(11)15(17)19/h4,6-7H,2-3,5,8-10,16H2,1H3. The molecule has 0 spiro atoms. The number of fused-ring (bicyclic) bond motifs is 1. The van der Waals surface area contributed by atoms with Crippen molar-refractivity contribution in [3.8, 4) is 0 Å². The van der Waals surface area contributed by atoms with Gasteiger partial charge in [-0.05, 0) is 25.0 Å². The minimum Gasteiger partial charge on any atom is -0.398 e. The number of nitrogens with two attached hydrogens (primary N) is 1. The second-order valence-electron chi connectivity index (χ2n) is 4.85. The average Bonchev–Trinajstić information content (AvgIpc) is 2.68. The number of carbonyl (C=O) groups excluding carboxylic acids is 2. The van der Waals surface area contributed by atoms with Crippen molar-refractivity contribution in [3.63, 3.8) is 0 Å². The minimum atomic E-state index is -0.295. The van der Waals surface area contributed by atoms with Crippen LogP contribution in [-0.4, -0.2) is 36.5 Å². The molecule has 0 aromatic heterocycles. The van der Waals surface area contributed by atoms with E-state index in [0.29, 0.717) is 36.4 Å². The van der Waals surface area contributed by atoms with Gasteiger partial charge in [-0.2, -0.15) is 0 Å². The lowest BCUT2D eigenvalue weighted by atomic mass is 10.1. The molecule has 0 saturated carbocycles. The number of benzene rings is 1. The molecule has 0 atom stereocenters. The Kier molecular flexibility index (Phi) is 4.74. The van der Waals surface area contributed by atoms with Gasteiger partial charge in [-0.3, -0.25) is 14.5 Å². The highest BCUT2D eigenvalue weighted by Gasteiger charge is 2.36. The molecule has 108 valence electrons. The molecule has 2 N–H and O–H groups in total. The van der Waals surface area contributed by atoms with Crippen LogP contribution in [-0.2, 0) is 4.74 Å². The Hall–Kier alpha value is -1.88. The normalized spacial score (nSPS) is 13.9. The Morgan fingerprint density at radius 3 is 2.60 bits per heavy atom. The number of hydrogen-bond donors (Lipinski definition) is 1. The molecule has 2 rings (SSSR count). The maximum atomic E-state index is 12.2. The smallest absolute Gasteiger partial charge is 0.263 e. The molecular weight excluding hydrogens is 256 g/mol. The highest BCUT2D eigenvalue weighted by molar-refractivity contribution is 6.23. The first kappa shape index (κ1) is 14.5. The molecule has 1 aliphatic rings. The fraction of sp³-hybridized carbons (Fsp3) is 0.467. The van der Waals surface area contributed by atoms with Crippen molar-refractivity contribution in [2.45, 2.75) is 26.2 Å². The lowest BCUT2D eigenvalue weighted by Crippen LogP contribution is -2.31. The molecule has 1 aromatic rings. The molecule has 0 aliphatic carbocycles. The molecule has 5 nitrogen and oxygen atoms in total. The second kappa shape index (κ2) is 6.52. The number of anilines is 1. The fourth-order valence-corrected chi connectivity index (χ4v) is 2.24. The maximum absolute atomic E-state index is 12.2. The number of nitrogen functional groups attached to an aromatic ring is 1. The van der Waals surface area contributed by atoms with Crippen molar-refractivity contribution in [3.05, 3.63) is 29.3 Å². The molecule has 1 aliphatic heterocycles. The first-order valence-electron chi connectivity index (χ1n) is 6.99. The van der Waals surface area contributed by atoms with Gasteiger partial charge in [0.25, 0.3) is 11.8 Å². The van der Waals surface area contributed by atoms with E-state index in [9.17, 15) is 9.59 Å². The van der Waals surface area contributed by atoms with Crippen LogP contribution in [0, 0.1) is 0 Å². The number of imide groups is 1. The summed E-state index contributed by atoms with van der Waals surface area (Å²) in [6, 6.07) is 4.97. The van der Waals surface area contributed by atoms with Crippen molar-refractivity contribution in [2.24, 2.45) is 0 Å². The van der Waals surface area contributed by atoms with Crippen molar-refractivity contribution in [1.29, 1.82) is 0 Å². The van der Waals surface area contributed by atoms with Crippen LogP contribution >= 0.6 is 0 Å². The zero-order chi connectivity index (χ0) is 14.5. The number of amides is 2. The summed E-state index contributed by atoms with van der Waals surface area (Å²) < 4.78 is 5.43. The quantitative estimate of drug-likeness (QED) is 0.470. The number of ether oxygens (including phenoxy) is 1. The van der Waals surface area contributed by atoms with Gasteiger partial charge in [0.15, 0.2) is 0 Å². The monoisotopic (exact) mass is 276 g/mol. The van der Waals surface area contributed by atoms with Crippen molar-refractivity contribution >= 4 is 17.5 Å². The van der Waals surface area contributed by atoms with E-state index in [2.05, 4.69) is 6.92 Å². The van der Waals surface area contributed by atoms with E-state index < -0.39 is 0 Å². The molecule has 5 heteroatoms. The van der Waals surface area contributed by atoms with E-state index in [1.165, 1.54) is 4.90 Å². The highest BCUT2D eigenvalue weighted by Crippen LogP contribution is 2.27. The molecular formula is C15H20N2O3. The van der Waals surface area contributed by atoms with Gasteiger partial charge in [-0.1, -0.05) is 19.4 Å². The topological polar surface area (TPSA) is 72.6 Å². The molecule has 20 heavy (non-hydrogen) atoms. The number of carbonyl (C=O) groups is 2. The van der Waals surface area contributed by atoms with Gasteiger partial charge < -0.3 is 10.5 Å². The summed E-state index contributed by atoms with van der Waals surface area (Å²) >= 11 is 0. The van der Waals surface area contributed by atoms with Gasteiger partial charge in [0, 0.05) is 25.4 Å². The molecule has 0 radical (unpaired) electrons. The third-order valence-corrected chi connectivity index (χ3v) is 3.34. The van der Waals surface area contributed by atoms with E-state index in [1.54, 1.807) is 18.2 Å².